The molecule has 26 heavy (non-hydrogen) atoms. The second-order valence-electron chi connectivity index (χ2n) is 5.89. The predicted octanol–water partition coefficient (Wildman–Crippen LogP) is 6.31. The molecule has 0 spiro atoms. The van der Waals surface area contributed by atoms with E-state index < -0.39 is 39.6 Å². The molecule has 2 aromatic rings. The van der Waals surface area contributed by atoms with Crippen LogP contribution < -0.4 is 0 Å². The summed E-state index contributed by atoms with van der Waals surface area (Å²) in [7, 11) is 0. The Balaban J connectivity index is 2.06. The van der Waals surface area contributed by atoms with E-state index in [1.54, 1.807) is 25.1 Å². The summed E-state index contributed by atoms with van der Waals surface area (Å²) < 4.78 is 55.3. The normalized spacial score (nSPS) is 20.1. The highest BCUT2D eigenvalue weighted by Crippen LogP contribution is 2.50. The zero-order chi connectivity index (χ0) is 19.3. The zero-order valence-electron chi connectivity index (χ0n) is 13.2. The van der Waals surface area contributed by atoms with Crippen molar-refractivity contribution in [1.82, 2.24) is 0 Å². The van der Waals surface area contributed by atoms with Crippen molar-refractivity contribution in [3.05, 3.63) is 62.9 Å². The van der Waals surface area contributed by atoms with Crippen LogP contribution in [-0.2, 0) is 10.4 Å². The van der Waals surface area contributed by atoms with Crippen LogP contribution in [0.5, 0.6) is 0 Å². The van der Waals surface area contributed by atoms with Crippen LogP contribution in [0.25, 0.3) is 0 Å². The molecule has 1 aliphatic rings. The molecule has 3 rings (SSSR count). The fourth-order valence-electron chi connectivity index (χ4n) is 2.68. The lowest BCUT2D eigenvalue weighted by molar-refractivity contribution is -0.275. The summed E-state index contributed by atoms with van der Waals surface area (Å²) in [6.45, 7) is 1.78. The molecule has 0 saturated carbocycles. The Labute approximate surface area is 162 Å². The molecule has 1 heterocycles. The first-order valence-electron chi connectivity index (χ1n) is 7.32. The van der Waals surface area contributed by atoms with E-state index in [-0.39, 0.29) is 5.71 Å². The number of hydrogen-bond acceptors (Lipinski definition) is 3. The van der Waals surface area contributed by atoms with E-state index in [2.05, 4.69) is 17.8 Å². The molecule has 0 radical (unpaired) electrons. The van der Waals surface area contributed by atoms with E-state index in [1.807, 2.05) is 0 Å². The number of rotatable bonds is 2. The summed E-state index contributed by atoms with van der Waals surface area (Å²) in [5, 5.41) is 2.60. The monoisotopic (exact) mass is 423 g/mol. The molecule has 0 saturated heterocycles. The minimum Gasteiger partial charge on any atom is -0.374 e. The lowest BCUT2D eigenvalue weighted by Crippen LogP contribution is -2.42. The highest BCUT2D eigenvalue weighted by molar-refractivity contribution is 7.80. The van der Waals surface area contributed by atoms with Crippen LogP contribution in [0.2, 0.25) is 10.0 Å². The van der Waals surface area contributed by atoms with Gasteiger partial charge in [-0.3, -0.25) is 0 Å². The van der Waals surface area contributed by atoms with Crippen molar-refractivity contribution in [2.75, 3.05) is 0 Å². The van der Waals surface area contributed by atoms with Crippen molar-refractivity contribution in [3.63, 3.8) is 0 Å². The van der Waals surface area contributed by atoms with Crippen LogP contribution in [-0.4, -0.2) is 11.9 Å². The minimum absolute atomic E-state index is 0.107. The molecule has 0 bridgehead atoms. The summed E-state index contributed by atoms with van der Waals surface area (Å²) >= 11 is 15.6. The Morgan fingerprint density at radius 1 is 1.15 bits per heavy atom. The first-order chi connectivity index (χ1) is 12.0. The molecule has 2 aromatic carbocycles. The number of benzene rings is 2. The lowest BCUT2D eigenvalue weighted by atomic mass is 9.86. The first kappa shape index (κ1) is 19.3. The van der Waals surface area contributed by atoms with E-state index >= 15 is 0 Å². The molecule has 0 aromatic heterocycles. The summed E-state index contributed by atoms with van der Waals surface area (Å²) in [5.74, 6) is -0.992. The maximum atomic E-state index is 13.9. The molecule has 0 fully saturated rings. The van der Waals surface area contributed by atoms with Crippen LogP contribution in [0.15, 0.2) is 40.4 Å². The van der Waals surface area contributed by atoms with Crippen LogP contribution in [0.1, 0.15) is 23.1 Å². The van der Waals surface area contributed by atoms with Crippen molar-refractivity contribution < 1.29 is 22.4 Å². The summed E-state index contributed by atoms with van der Waals surface area (Å²) in [6.07, 6.45) is -5.43. The van der Waals surface area contributed by atoms with Crippen LogP contribution in [0.4, 0.5) is 17.6 Å². The lowest BCUT2D eigenvalue weighted by Gasteiger charge is -2.29. The van der Waals surface area contributed by atoms with Gasteiger partial charge in [-0.1, -0.05) is 34.4 Å². The van der Waals surface area contributed by atoms with E-state index in [9.17, 15) is 17.6 Å². The van der Waals surface area contributed by atoms with Gasteiger partial charge in [-0.25, -0.2) is 4.39 Å². The standard InChI is InChI=1S/C17H11Cl2F4NOS/c1-8-4-9(2-3-14(8)26)13-7-16(25-24-13,17(21,22)23)10-5-11(18)15(20)12(19)6-10/h2-6,26H,7H2,1H3. The largest absolute Gasteiger partial charge is 0.435 e. The third-order valence-corrected chi connectivity index (χ3v) is 5.22. The van der Waals surface area contributed by atoms with Gasteiger partial charge < -0.3 is 4.84 Å². The number of halogens is 6. The molecule has 1 unspecified atom stereocenters. The van der Waals surface area contributed by atoms with E-state index in [1.165, 1.54) is 0 Å². The van der Waals surface area contributed by atoms with Gasteiger partial charge in [0.05, 0.1) is 15.8 Å². The van der Waals surface area contributed by atoms with Gasteiger partial charge in [-0.15, -0.1) is 12.6 Å². The van der Waals surface area contributed by atoms with Crippen molar-refractivity contribution in [2.24, 2.45) is 5.16 Å². The molecular weight excluding hydrogens is 413 g/mol. The maximum Gasteiger partial charge on any atom is 0.435 e. The van der Waals surface area contributed by atoms with Gasteiger partial charge in [0.25, 0.3) is 5.60 Å². The van der Waals surface area contributed by atoms with Gasteiger partial charge in [0.2, 0.25) is 0 Å². The highest BCUT2D eigenvalue weighted by Gasteiger charge is 2.62. The zero-order valence-corrected chi connectivity index (χ0v) is 15.6. The molecule has 9 heteroatoms. The van der Waals surface area contributed by atoms with Gasteiger partial charge in [-0.2, -0.15) is 13.2 Å². The van der Waals surface area contributed by atoms with Gasteiger partial charge in [0.1, 0.15) is 0 Å². The summed E-state index contributed by atoms with van der Waals surface area (Å²) in [6, 6.07) is 6.65. The van der Waals surface area contributed by atoms with Crippen LogP contribution >= 0.6 is 35.8 Å². The Morgan fingerprint density at radius 3 is 2.31 bits per heavy atom. The second kappa shape index (κ2) is 6.62. The molecule has 138 valence electrons. The SMILES string of the molecule is Cc1cc(C2=NOC(c3cc(Cl)c(F)c(Cl)c3)(C(F)(F)F)C2)ccc1S. The number of oxime groups is 1. The second-order valence-corrected chi connectivity index (χ2v) is 7.18. The van der Waals surface area contributed by atoms with E-state index in [0.717, 1.165) is 17.7 Å². The van der Waals surface area contributed by atoms with E-state index in [0.29, 0.717) is 10.5 Å². The topological polar surface area (TPSA) is 21.6 Å². The molecule has 0 aliphatic carbocycles. The van der Waals surface area contributed by atoms with E-state index in [4.69, 9.17) is 28.0 Å². The van der Waals surface area contributed by atoms with Crippen LogP contribution in [0, 0.1) is 12.7 Å². The molecule has 1 aliphatic heterocycles. The van der Waals surface area contributed by atoms with Crippen molar-refractivity contribution in [2.45, 2.75) is 30.0 Å². The number of hydrogen-bond donors (Lipinski definition) is 1. The number of aryl methyl sites for hydroxylation is 1. The van der Waals surface area contributed by atoms with Crippen molar-refractivity contribution in [1.29, 1.82) is 0 Å². The number of alkyl halides is 3. The van der Waals surface area contributed by atoms with Gasteiger partial charge in [0, 0.05) is 16.9 Å². The Bertz CT molecular complexity index is 893. The first-order valence-corrected chi connectivity index (χ1v) is 8.52. The van der Waals surface area contributed by atoms with Crippen molar-refractivity contribution >= 4 is 41.5 Å². The third-order valence-electron chi connectivity index (χ3n) is 4.17. The highest BCUT2D eigenvalue weighted by atomic mass is 35.5. The molecule has 2 nitrogen and oxygen atoms in total. The average Bonchev–Trinajstić information content (AvgIpc) is 3.01. The minimum atomic E-state index is -4.83. The molecule has 0 amide bonds. The number of nitrogens with zero attached hydrogens (tertiary/aromatic N) is 1. The van der Waals surface area contributed by atoms with Gasteiger partial charge in [-0.05, 0) is 42.3 Å². The smallest absolute Gasteiger partial charge is 0.374 e. The predicted molar refractivity (Wildman–Crippen MR) is 94.8 cm³/mol. The van der Waals surface area contributed by atoms with Crippen LogP contribution in [0.3, 0.4) is 0 Å². The number of thiol groups is 1. The van der Waals surface area contributed by atoms with Crippen molar-refractivity contribution in [3.8, 4) is 0 Å². The summed E-state index contributed by atoms with van der Waals surface area (Å²) in [5.41, 5.74) is -1.84. The average molecular weight is 424 g/mol. The maximum absolute atomic E-state index is 13.9. The quantitative estimate of drug-likeness (QED) is 0.341. The Kier molecular flexibility index (Phi) is 4.92. The van der Waals surface area contributed by atoms with Gasteiger partial charge in [0.15, 0.2) is 5.82 Å². The molecular formula is C17H11Cl2F4NOS. The summed E-state index contributed by atoms with van der Waals surface area (Å²) in [4.78, 5) is 5.58. The third kappa shape index (κ3) is 3.17. The Morgan fingerprint density at radius 2 is 1.77 bits per heavy atom. The molecule has 0 N–H and O–H groups in total. The fourth-order valence-corrected chi connectivity index (χ4v) is 3.31. The Hall–Kier alpha value is -1.44. The van der Waals surface area contributed by atoms with Gasteiger partial charge >= 0.3 is 6.18 Å². The molecule has 1 atom stereocenters. The fraction of sp³-hybridized carbons (Fsp3) is 0.235.